The van der Waals surface area contributed by atoms with E-state index in [-0.39, 0.29) is 35.7 Å². The lowest BCUT2D eigenvalue weighted by molar-refractivity contribution is -0.145. The van der Waals surface area contributed by atoms with Crippen LogP contribution in [-0.2, 0) is 14.3 Å². The molecule has 1 aliphatic heterocycles. The number of amides is 1. The van der Waals surface area contributed by atoms with Crippen molar-refractivity contribution in [1.82, 2.24) is 4.90 Å². The summed E-state index contributed by atoms with van der Waals surface area (Å²) in [6.07, 6.45) is -0.257. The van der Waals surface area contributed by atoms with E-state index in [4.69, 9.17) is 4.74 Å². The standard InChI is InChI=1S/C14H17NO5/c1-19-13(17)8-10-9-15(6-7-20-10)14(18)11-4-2-3-5-12(11)16/h2-5,10,16H,6-9H2,1H3. The number of aromatic hydroxyl groups is 1. The molecule has 6 nitrogen and oxygen atoms in total. The van der Waals surface area contributed by atoms with Gasteiger partial charge in [-0.1, -0.05) is 12.1 Å². The lowest BCUT2D eigenvalue weighted by atomic mass is 10.1. The highest BCUT2D eigenvalue weighted by molar-refractivity contribution is 5.96. The van der Waals surface area contributed by atoms with Crippen LogP contribution in [0, 0.1) is 0 Å². The van der Waals surface area contributed by atoms with Crippen molar-refractivity contribution in [3.8, 4) is 5.75 Å². The Bertz CT molecular complexity index is 502. The van der Waals surface area contributed by atoms with Crippen molar-refractivity contribution in [1.29, 1.82) is 0 Å². The Balaban J connectivity index is 2.03. The van der Waals surface area contributed by atoms with Crippen molar-refractivity contribution in [3.63, 3.8) is 0 Å². The second-order valence-electron chi connectivity index (χ2n) is 4.54. The number of hydrogen-bond acceptors (Lipinski definition) is 5. The number of methoxy groups -OCH3 is 1. The summed E-state index contributed by atoms with van der Waals surface area (Å²) in [6.45, 7) is 1.11. The van der Waals surface area contributed by atoms with Gasteiger partial charge in [-0.15, -0.1) is 0 Å². The largest absolute Gasteiger partial charge is 0.507 e. The molecular formula is C14H17NO5. The van der Waals surface area contributed by atoms with E-state index in [1.165, 1.54) is 13.2 Å². The van der Waals surface area contributed by atoms with Gasteiger partial charge in [-0.25, -0.2) is 0 Å². The zero-order chi connectivity index (χ0) is 14.5. The maximum atomic E-state index is 12.3. The zero-order valence-electron chi connectivity index (χ0n) is 11.2. The van der Waals surface area contributed by atoms with Gasteiger partial charge in [-0.3, -0.25) is 9.59 Å². The molecule has 20 heavy (non-hydrogen) atoms. The third-order valence-corrected chi connectivity index (χ3v) is 3.18. The number of esters is 1. The van der Waals surface area contributed by atoms with Crippen LogP contribution < -0.4 is 0 Å². The summed E-state index contributed by atoms with van der Waals surface area (Å²) in [5.41, 5.74) is 0.256. The highest BCUT2D eigenvalue weighted by atomic mass is 16.5. The normalized spacial score (nSPS) is 18.6. The van der Waals surface area contributed by atoms with Crippen molar-refractivity contribution in [3.05, 3.63) is 29.8 Å². The molecule has 6 heteroatoms. The summed E-state index contributed by atoms with van der Waals surface area (Å²) in [7, 11) is 1.32. The number of carbonyl (C=O) groups is 2. The predicted octanol–water partition coefficient (Wildman–Crippen LogP) is 0.796. The number of hydrogen-bond donors (Lipinski definition) is 1. The van der Waals surface area contributed by atoms with E-state index in [2.05, 4.69) is 4.74 Å². The maximum absolute atomic E-state index is 12.3. The Kier molecular flexibility index (Phi) is 4.57. The minimum atomic E-state index is -0.369. The number of benzene rings is 1. The Morgan fingerprint density at radius 2 is 2.20 bits per heavy atom. The second-order valence-corrected chi connectivity index (χ2v) is 4.54. The van der Waals surface area contributed by atoms with Crippen molar-refractivity contribution in [2.45, 2.75) is 12.5 Å². The fourth-order valence-corrected chi connectivity index (χ4v) is 2.12. The molecule has 1 aromatic carbocycles. The Morgan fingerprint density at radius 1 is 1.45 bits per heavy atom. The summed E-state index contributed by atoms with van der Waals surface area (Å²) in [5, 5.41) is 9.71. The molecule has 2 rings (SSSR count). The van der Waals surface area contributed by atoms with Gasteiger partial charge < -0.3 is 19.5 Å². The number of para-hydroxylation sites is 1. The van der Waals surface area contributed by atoms with Crippen LogP contribution in [0.4, 0.5) is 0 Å². The molecule has 1 aromatic rings. The number of phenolic OH excluding ortho intramolecular Hbond substituents is 1. The second kappa shape index (κ2) is 6.38. The first-order valence-electron chi connectivity index (χ1n) is 6.37. The van der Waals surface area contributed by atoms with Gasteiger partial charge in [0, 0.05) is 13.1 Å². The molecule has 0 saturated carbocycles. The molecule has 1 unspecified atom stereocenters. The lowest BCUT2D eigenvalue weighted by Crippen LogP contribution is -2.46. The van der Waals surface area contributed by atoms with Crippen LogP contribution in [0.25, 0.3) is 0 Å². The van der Waals surface area contributed by atoms with Crippen LogP contribution in [0.1, 0.15) is 16.8 Å². The lowest BCUT2D eigenvalue weighted by Gasteiger charge is -2.32. The predicted molar refractivity (Wildman–Crippen MR) is 70.4 cm³/mol. The summed E-state index contributed by atoms with van der Waals surface area (Å²) in [6, 6.07) is 6.40. The number of carbonyl (C=O) groups excluding carboxylic acids is 2. The summed E-state index contributed by atoms with van der Waals surface area (Å²) < 4.78 is 10.0. The Hall–Kier alpha value is -2.08. The average molecular weight is 279 g/mol. The fraction of sp³-hybridized carbons (Fsp3) is 0.429. The first-order valence-corrected chi connectivity index (χ1v) is 6.37. The van der Waals surface area contributed by atoms with Crippen LogP contribution in [-0.4, -0.2) is 54.8 Å². The molecule has 1 fully saturated rings. The summed E-state index contributed by atoms with van der Waals surface area (Å²) in [5.74, 6) is -0.679. The molecule has 1 heterocycles. The van der Waals surface area contributed by atoms with Crippen LogP contribution >= 0.6 is 0 Å². The quantitative estimate of drug-likeness (QED) is 0.828. The van der Waals surface area contributed by atoms with Gasteiger partial charge in [0.05, 0.1) is 31.8 Å². The molecule has 1 N–H and O–H groups in total. The molecule has 1 amide bonds. The van der Waals surface area contributed by atoms with Gasteiger partial charge in [-0.05, 0) is 12.1 Å². The van der Waals surface area contributed by atoms with Crippen molar-refractivity contribution in [2.75, 3.05) is 26.8 Å². The van der Waals surface area contributed by atoms with Crippen molar-refractivity contribution >= 4 is 11.9 Å². The first kappa shape index (κ1) is 14.3. The van der Waals surface area contributed by atoms with Gasteiger partial charge in [0.2, 0.25) is 0 Å². The van der Waals surface area contributed by atoms with E-state index in [1.807, 2.05) is 0 Å². The topological polar surface area (TPSA) is 76.1 Å². The molecule has 0 aromatic heterocycles. The SMILES string of the molecule is COC(=O)CC1CN(C(=O)c2ccccc2O)CCO1. The molecule has 0 aliphatic carbocycles. The van der Waals surface area contributed by atoms with Crippen LogP contribution in [0.3, 0.4) is 0 Å². The first-order chi connectivity index (χ1) is 9.61. The third-order valence-electron chi connectivity index (χ3n) is 3.18. The number of morpholine rings is 1. The molecular weight excluding hydrogens is 262 g/mol. The molecule has 108 valence electrons. The highest BCUT2D eigenvalue weighted by Crippen LogP contribution is 2.20. The van der Waals surface area contributed by atoms with E-state index in [0.717, 1.165) is 0 Å². The van der Waals surface area contributed by atoms with E-state index < -0.39 is 0 Å². The van der Waals surface area contributed by atoms with E-state index in [9.17, 15) is 14.7 Å². The number of rotatable bonds is 3. The fourth-order valence-electron chi connectivity index (χ4n) is 2.12. The monoisotopic (exact) mass is 279 g/mol. The highest BCUT2D eigenvalue weighted by Gasteiger charge is 2.27. The summed E-state index contributed by atoms with van der Waals surface area (Å²) >= 11 is 0. The van der Waals surface area contributed by atoms with Gasteiger partial charge in [-0.2, -0.15) is 0 Å². The molecule has 1 aliphatic rings. The smallest absolute Gasteiger partial charge is 0.308 e. The molecule has 0 radical (unpaired) electrons. The van der Waals surface area contributed by atoms with Gasteiger partial charge in [0.1, 0.15) is 5.75 Å². The molecule has 0 spiro atoms. The number of phenols is 1. The molecule has 1 atom stereocenters. The number of nitrogens with zero attached hydrogens (tertiary/aromatic N) is 1. The minimum absolute atomic E-state index is 0.0477. The summed E-state index contributed by atoms with van der Waals surface area (Å²) in [4.78, 5) is 25.1. The van der Waals surface area contributed by atoms with Crippen LogP contribution in [0.15, 0.2) is 24.3 Å². The van der Waals surface area contributed by atoms with E-state index >= 15 is 0 Å². The van der Waals surface area contributed by atoms with Gasteiger partial charge in [0.15, 0.2) is 0 Å². The van der Waals surface area contributed by atoms with Gasteiger partial charge >= 0.3 is 5.97 Å². The maximum Gasteiger partial charge on any atom is 0.308 e. The Labute approximate surface area is 116 Å². The van der Waals surface area contributed by atoms with E-state index in [0.29, 0.717) is 19.7 Å². The average Bonchev–Trinajstić information content (AvgIpc) is 2.47. The molecule has 1 saturated heterocycles. The minimum Gasteiger partial charge on any atom is -0.507 e. The van der Waals surface area contributed by atoms with E-state index in [1.54, 1.807) is 23.1 Å². The zero-order valence-corrected chi connectivity index (χ0v) is 11.2. The third kappa shape index (κ3) is 3.27. The number of ether oxygens (including phenoxy) is 2. The molecule has 0 bridgehead atoms. The van der Waals surface area contributed by atoms with Crippen molar-refractivity contribution < 1.29 is 24.2 Å². The van der Waals surface area contributed by atoms with Crippen LogP contribution in [0.5, 0.6) is 5.75 Å². The van der Waals surface area contributed by atoms with Crippen molar-refractivity contribution in [2.24, 2.45) is 0 Å². The van der Waals surface area contributed by atoms with Crippen LogP contribution in [0.2, 0.25) is 0 Å². The Morgan fingerprint density at radius 3 is 2.90 bits per heavy atom. The van der Waals surface area contributed by atoms with Gasteiger partial charge in [0.25, 0.3) is 5.91 Å².